The molecule has 0 radical (unpaired) electrons. The molecule has 18 heavy (non-hydrogen) atoms. The van der Waals surface area contributed by atoms with Gasteiger partial charge in [-0.1, -0.05) is 12.1 Å². The molecule has 4 heteroatoms. The van der Waals surface area contributed by atoms with E-state index in [4.69, 9.17) is 15.6 Å². The molecule has 0 saturated carbocycles. The molecule has 0 spiro atoms. The van der Waals surface area contributed by atoms with E-state index in [0.29, 0.717) is 5.56 Å². The summed E-state index contributed by atoms with van der Waals surface area (Å²) in [6, 6.07) is 5.61. The number of carboxylic acids is 1. The maximum absolute atomic E-state index is 11.1. The summed E-state index contributed by atoms with van der Waals surface area (Å²) in [5, 5.41) is 9.11. The maximum atomic E-state index is 11.1. The van der Waals surface area contributed by atoms with E-state index in [0.717, 1.165) is 24.2 Å². The molecule has 2 rings (SSSR count). The Balaban J connectivity index is 2.34. The van der Waals surface area contributed by atoms with Crippen LogP contribution in [0, 0.1) is 0 Å². The summed E-state index contributed by atoms with van der Waals surface area (Å²) in [4.78, 5) is 11.1. The average molecular weight is 249 g/mol. The van der Waals surface area contributed by atoms with E-state index < -0.39 is 11.9 Å². The number of benzene rings is 1. The lowest BCUT2D eigenvalue weighted by molar-refractivity contribution is -0.138. The minimum Gasteiger partial charge on any atom is -0.488 e. The van der Waals surface area contributed by atoms with Crippen molar-refractivity contribution < 1.29 is 14.6 Å². The molecule has 0 bridgehead atoms. The Morgan fingerprint density at radius 3 is 2.89 bits per heavy atom. The molecule has 1 aromatic carbocycles. The summed E-state index contributed by atoms with van der Waals surface area (Å²) < 4.78 is 5.90. The molecule has 0 saturated heterocycles. The zero-order chi connectivity index (χ0) is 13.3. The molecule has 0 aliphatic carbocycles. The van der Waals surface area contributed by atoms with Crippen LogP contribution in [0.2, 0.25) is 0 Å². The highest BCUT2D eigenvalue weighted by Gasteiger charge is 2.28. The molecule has 0 aromatic heterocycles. The molecule has 1 unspecified atom stereocenters. The monoisotopic (exact) mass is 249 g/mol. The highest BCUT2D eigenvalue weighted by molar-refractivity contribution is 5.76. The Hall–Kier alpha value is -1.55. The first-order chi connectivity index (χ1) is 8.43. The lowest BCUT2D eigenvalue weighted by atomic mass is 9.91. The lowest BCUT2D eigenvalue weighted by Crippen LogP contribution is -2.32. The number of carbonyl (C=O) groups is 1. The summed E-state index contributed by atoms with van der Waals surface area (Å²) in [5.41, 5.74) is 7.17. The van der Waals surface area contributed by atoms with Gasteiger partial charge >= 0.3 is 5.97 Å². The van der Waals surface area contributed by atoms with Gasteiger partial charge in [-0.15, -0.1) is 0 Å². The number of aryl methyl sites for hydroxylation is 1. The Kier molecular flexibility index (Phi) is 3.30. The van der Waals surface area contributed by atoms with Crippen molar-refractivity contribution in [2.75, 3.05) is 6.54 Å². The van der Waals surface area contributed by atoms with Crippen LogP contribution in [0.5, 0.6) is 5.75 Å². The molecule has 1 atom stereocenters. The Morgan fingerprint density at radius 1 is 1.56 bits per heavy atom. The number of rotatable bonds is 3. The van der Waals surface area contributed by atoms with Crippen LogP contribution in [0.3, 0.4) is 0 Å². The van der Waals surface area contributed by atoms with Crippen LogP contribution in [0.15, 0.2) is 18.2 Å². The van der Waals surface area contributed by atoms with Gasteiger partial charge in [-0.2, -0.15) is 0 Å². The first kappa shape index (κ1) is 12.9. The summed E-state index contributed by atoms with van der Waals surface area (Å²) >= 11 is 0. The Morgan fingerprint density at radius 2 is 2.28 bits per heavy atom. The highest BCUT2D eigenvalue weighted by atomic mass is 16.5. The van der Waals surface area contributed by atoms with Crippen LogP contribution in [0.4, 0.5) is 0 Å². The maximum Gasteiger partial charge on any atom is 0.312 e. The topological polar surface area (TPSA) is 72.6 Å². The van der Waals surface area contributed by atoms with E-state index in [1.807, 2.05) is 32.0 Å². The standard InChI is InChI=1S/C14H19NO3/c1-14(2)6-5-9-3-4-10(7-12(9)18-14)11(8-15)13(16)17/h3-4,7,11H,5-6,8,15H2,1-2H3,(H,16,17). The minimum atomic E-state index is -0.896. The minimum absolute atomic E-state index is 0.0948. The first-order valence-electron chi connectivity index (χ1n) is 6.17. The molecule has 98 valence electrons. The van der Waals surface area contributed by atoms with Gasteiger partial charge in [-0.3, -0.25) is 4.79 Å². The van der Waals surface area contributed by atoms with Gasteiger partial charge in [-0.05, 0) is 43.9 Å². The number of hydrogen-bond donors (Lipinski definition) is 2. The van der Waals surface area contributed by atoms with Crippen molar-refractivity contribution in [3.63, 3.8) is 0 Å². The Labute approximate surface area is 107 Å². The second-order valence-corrected chi connectivity index (χ2v) is 5.36. The number of fused-ring (bicyclic) bond motifs is 1. The molecule has 1 aliphatic heterocycles. The molecular weight excluding hydrogens is 230 g/mol. The number of carboxylic acid groups (broad SMARTS) is 1. The van der Waals surface area contributed by atoms with Crippen LogP contribution in [0.25, 0.3) is 0 Å². The van der Waals surface area contributed by atoms with Crippen molar-refractivity contribution in [2.24, 2.45) is 5.73 Å². The van der Waals surface area contributed by atoms with Crippen molar-refractivity contribution in [3.05, 3.63) is 29.3 Å². The van der Waals surface area contributed by atoms with Crippen LogP contribution in [-0.4, -0.2) is 23.2 Å². The predicted molar refractivity (Wildman–Crippen MR) is 68.9 cm³/mol. The van der Waals surface area contributed by atoms with E-state index in [1.54, 1.807) is 0 Å². The van der Waals surface area contributed by atoms with E-state index in [9.17, 15) is 4.79 Å². The zero-order valence-electron chi connectivity index (χ0n) is 10.8. The van der Waals surface area contributed by atoms with E-state index in [-0.39, 0.29) is 12.1 Å². The molecule has 1 heterocycles. The molecule has 0 amide bonds. The zero-order valence-corrected chi connectivity index (χ0v) is 10.8. The van der Waals surface area contributed by atoms with E-state index in [1.165, 1.54) is 0 Å². The van der Waals surface area contributed by atoms with Crippen LogP contribution >= 0.6 is 0 Å². The largest absolute Gasteiger partial charge is 0.488 e. The number of hydrogen-bond acceptors (Lipinski definition) is 3. The summed E-state index contributed by atoms with van der Waals surface area (Å²) in [6.45, 7) is 4.18. The van der Waals surface area contributed by atoms with E-state index >= 15 is 0 Å². The third-order valence-corrected chi connectivity index (χ3v) is 3.41. The number of aliphatic carboxylic acids is 1. The number of nitrogens with two attached hydrogens (primary N) is 1. The van der Waals surface area contributed by atoms with Gasteiger partial charge < -0.3 is 15.6 Å². The van der Waals surface area contributed by atoms with Crippen LogP contribution in [0.1, 0.15) is 37.3 Å². The van der Waals surface area contributed by atoms with Crippen molar-refractivity contribution in [1.29, 1.82) is 0 Å². The fourth-order valence-corrected chi connectivity index (χ4v) is 2.25. The molecule has 4 nitrogen and oxygen atoms in total. The first-order valence-corrected chi connectivity index (χ1v) is 6.17. The van der Waals surface area contributed by atoms with Gasteiger partial charge in [0.2, 0.25) is 0 Å². The van der Waals surface area contributed by atoms with E-state index in [2.05, 4.69) is 0 Å². The second kappa shape index (κ2) is 4.61. The van der Waals surface area contributed by atoms with Gasteiger partial charge in [0.05, 0.1) is 5.92 Å². The van der Waals surface area contributed by atoms with Crippen LogP contribution < -0.4 is 10.5 Å². The SMILES string of the molecule is CC1(C)CCc2ccc(C(CN)C(=O)O)cc2O1. The van der Waals surface area contributed by atoms with Crippen molar-refractivity contribution in [1.82, 2.24) is 0 Å². The predicted octanol–water partition coefficient (Wildman–Crippen LogP) is 1.92. The molecule has 0 fully saturated rings. The summed E-state index contributed by atoms with van der Waals surface area (Å²) in [5.74, 6) is -0.764. The van der Waals surface area contributed by atoms with Gasteiger partial charge in [-0.25, -0.2) is 0 Å². The molecule has 3 N–H and O–H groups in total. The second-order valence-electron chi connectivity index (χ2n) is 5.36. The molecule has 1 aromatic rings. The summed E-state index contributed by atoms with van der Waals surface area (Å²) in [6.07, 6.45) is 1.93. The van der Waals surface area contributed by atoms with Gasteiger partial charge in [0.15, 0.2) is 0 Å². The molecule has 1 aliphatic rings. The normalized spacial score (nSPS) is 18.6. The van der Waals surface area contributed by atoms with Crippen molar-refractivity contribution >= 4 is 5.97 Å². The lowest BCUT2D eigenvalue weighted by Gasteiger charge is -2.33. The fourth-order valence-electron chi connectivity index (χ4n) is 2.25. The van der Waals surface area contributed by atoms with Crippen molar-refractivity contribution in [2.45, 2.75) is 38.2 Å². The van der Waals surface area contributed by atoms with Crippen molar-refractivity contribution in [3.8, 4) is 5.75 Å². The average Bonchev–Trinajstić information content (AvgIpc) is 2.27. The summed E-state index contributed by atoms with van der Waals surface area (Å²) in [7, 11) is 0. The quantitative estimate of drug-likeness (QED) is 0.858. The van der Waals surface area contributed by atoms with Gasteiger partial charge in [0.25, 0.3) is 0 Å². The fraction of sp³-hybridized carbons (Fsp3) is 0.500. The highest BCUT2D eigenvalue weighted by Crippen LogP contribution is 2.34. The number of ether oxygens (including phenoxy) is 1. The van der Waals surface area contributed by atoms with Gasteiger partial charge in [0.1, 0.15) is 11.4 Å². The Bertz CT molecular complexity index is 468. The van der Waals surface area contributed by atoms with Crippen LogP contribution in [-0.2, 0) is 11.2 Å². The van der Waals surface area contributed by atoms with Gasteiger partial charge in [0, 0.05) is 6.54 Å². The third kappa shape index (κ3) is 2.48. The molecular formula is C14H19NO3. The third-order valence-electron chi connectivity index (χ3n) is 3.41. The smallest absolute Gasteiger partial charge is 0.312 e.